The largest absolute Gasteiger partial charge is 0.502 e. The van der Waals surface area contributed by atoms with Gasteiger partial charge < -0.3 is 5.11 Å². The number of aromatic hydroxyl groups is 1. The lowest BCUT2D eigenvalue weighted by Gasteiger charge is -2.04. The minimum Gasteiger partial charge on any atom is -0.502 e. The van der Waals surface area contributed by atoms with Gasteiger partial charge in [0.15, 0.2) is 5.75 Å². The summed E-state index contributed by atoms with van der Waals surface area (Å²) in [6.45, 7) is 0. The van der Waals surface area contributed by atoms with Crippen molar-refractivity contribution in [3.63, 3.8) is 0 Å². The maximum atomic E-state index is 11.4. The van der Waals surface area contributed by atoms with Crippen molar-refractivity contribution in [1.29, 1.82) is 0 Å². The predicted molar refractivity (Wildman–Crippen MR) is 82.0 cm³/mol. The molecule has 2 aromatic rings. The number of nitro groups is 3. The van der Waals surface area contributed by atoms with Gasteiger partial charge in [-0.3, -0.25) is 30.3 Å². The highest BCUT2D eigenvalue weighted by Crippen LogP contribution is 2.37. The lowest BCUT2D eigenvalue weighted by Crippen LogP contribution is -2.10. The monoisotopic (exact) mass is 331 g/mol. The molecule has 0 aromatic heterocycles. The van der Waals surface area contributed by atoms with Gasteiger partial charge in [-0.25, -0.2) is 0 Å². The fraction of sp³-hybridized carbons (Fsp3) is 0. The topological polar surface area (TPSA) is 150 Å². The van der Waals surface area contributed by atoms with Gasteiger partial charge in [-0.05, 0) is 24.3 Å². The Kier molecular flexibility index (Phi) is 4.50. The van der Waals surface area contributed by atoms with Crippen LogP contribution in [0, 0.1) is 30.3 Å². The summed E-state index contributed by atoms with van der Waals surface area (Å²) in [4.78, 5) is 30.9. The number of nitrogens with zero attached hydrogens (tertiary/aromatic N) is 3. The summed E-state index contributed by atoms with van der Waals surface area (Å²) in [5.74, 6) is -0.826. The maximum absolute atomic E-state index is 11.4. The minimum absolute atomic E-state index is 0.0909. The van der Waals surface area contributed by atoms with Crippen molar-refractivity contribution >= 4 is 17.1 Å². The molecule has 2 aromatic carbocycles. The van der Waals surface area contributed by atoms with Crippen LogP contribution in [0.1, 0.15) is 11.1 Å². The van der Waals surface area contributed by atoms with Crippen LogP contribution < -0.4 is 0 Å². The van der Waals surface area contributed by atoms with Gasteiger partial charge in [-0.2, -0.15) is 0 Å². The smallest absolute Gasteiger partial charge is 0.360 e. The molecular weight excluding hydrogens is 322 g/mol. The average molecular weight is 331 g/mol. The predicted octanol–water partition coefficient (Wildman–Crippen LogP) is 2.68. The lowest BCUT2D eigenvalue weighted by atomic mass is 10.0. The first-order chi connectivity index (χ1) is 11.3. The van der Waals surface area contributed by atoms with Gasteiger partial charge >= 0.3 is 17.1 Å². The summed E-state index contributed by atoms with van der Waals surface area (Å²) in [6.07, 6.45) is 0. The van der Waals surface area contributed by atoms with Crippen LogP contribution in [0.3, 0.4) is 0 Å². The first-order valence-electron chi connectivity index (χ1n) is 6.39. The van der Waals surface area contributed by atoms with Gasteiger partial charge in [0.2, 0.25) is 0 Å². The molecule has 0 amide bonds. The number of para-hydroxylation sites is 1. The molecule has 0 aliphatic rings. The molecule has 0 bridgehead atoms. The second kappa shape index (κ2) is 6.52. The summed E-state index contributed by atoms with van der Waals surface area (Å²) in [7, 11) is 0. The zero-order chi connectivity index (χ0) is 17.9. The summed E-state index contributed by atoms with van der Waals surface area (Å²) in [5, 5.41) is 43.6. The van der Waals surface area contributed by atoms with Crippen molar-refractivity contribution in [3.05, 3.63) is 90.0 Å². The van der Waals surface area contributed by atoms with E-state index in [0.29, 0.717) is 0 Å². The Balaban J connectivity index is 2.93. The molecule has 0 saturated carbocycles. The third kappa shape index (κ3) is 3.02. The maximum Gasteiger partial charge on any atom is 0.360 e. The summed E-state index contributed by atoms with van der Waals surface area (Å²) >= 11 is 0. The van der Waals surface area contributed by atoms with Crippen LogP contribution >= 0.6 is 0 Å². The highest BCUT2D eigenvalue weighted by atomic mass is 16.6. The van der Waals surface area contributed by atoms with Gasteiger partial charge in [-0.15, -0.1) is 0 Å². The third-order valence-electron chi connectivity index (χ3n) is 3.09. The summed E-state index contributed by atoms with van der Waals surface area (Å²) < 4.78 is 0. The molecule has 2 rings (SSSR count). The van der Waals surface area contributed by atoms with Crippen molar-refractivity contribution in [2.75, 3.05) is 0 Å². The summed E-state index contributed by atoms with van der Waals surface area (Å²) in [6, 6.07) is 10.1. The third-order valence-corrected chi connectivity index (χ3v) is 3.09. The molecule has 0 aliphatic carbocycles. The molecule has 0 saturated heterocycles. The number of nitro benzene ring substituents is 1. The van der Waals surface area contributed by atoms with E-state index < -0.39 is 43.2 Å². The number of rotatable bonds is 5. The molecular formula is C14H9N3O7. The minimum atomic E-state index is -1.08. The first kappa shape index (κ1) is 16.5. The van der Waals surface area contributed by atoms with E-state index in [2.05, 4.69) is 0 Å². The Labute approximate surface area is 133 Å². The highest BCUT2D eigenvalue weighted by molar-refractivity contribution is 5.86. The van der Waals surface area contributed by atoms with E-state index in [9.17, 15) is 35.4 Å². The lowest BCUT2D eigenvalue weighted by molar-refractivity contribution is -0.409. The number of phenolic OH excluding ortho intramolecular Hbond substituents is 1. The fourth-order valence-corrected chi connectivity index (χ4v) is 2.15. The molecule has 24 heavy (non-hydrogen) atoms. The number of hydrogen-bond donors (Lipinski definition) is 1. The molecule has 122 valence electrons. The molecule has 1 N–H and O–H groups in total. The van der Waals surface area contributed by atoms with Crippen molar-refractivity contribution in [1.82, 2.24) is 0 Å². The van der Waals surface area contributed by atoms with Crippen LogP contribution in [0.4, 0.5) is 5.69 Å². The Morgan fingerprint density at radius 3 is 1.88 bits per heavy atom. The van der Waals surface area contributed by atoms with E-state index in [1.54, 1.807) is 6.07 Å². The van der Waals surface area contributed by atoms with Gasteiger partial charge in [0.05, 0.1) is 20.3 Å². The molecule has 0 radical (unpaired) electrons. The second-order valence-electron chi connectivity index (χ2n) is 4.51. The van der Waals surface area contributed by atoms with Crippen molar-refractivity contribution in [2.24, 2.45) is 0 Å². The van der Waals surface area contributed by atoms with E-state index >= 15 is 0 Å². The van der Waals surface area contributed by atoms with Crippen LogP contribution in [0.15, 0.2) is 48.5 Å². The zero-order valence-electron chi connectivity index (χ0n) is 11.9. The molecule has 0 atom stereocenters. The van der Waals surface area contributed by atoms with E-state index in [1.165, 1.54) is 24.3 Å². The fourth-order valence-electron chi connectivity index (χ4n) is 2.15. The standard InChI is InChI=1S/C14H9N3O7/c18-11-8-4-7-10(13(11)16(21)22)14(17(23)24)12(15(19)20)9-5-2-1-3-6-9/h1-8,18H. The average Bonchev–Trinajstić information content (AvgIpc) is 2.51. The SMILES string of the molecule is O=[N+]([O-])C(=C(c1cccc(O)c1[N+](=O)[O-])[N+](=O)[O-])c1ccccc1. The van der Waals surface area contributed by atoms with Crippen molar-refractivity contribution in [2.45, 2.75) is 0 Å². The number of hydrogen-bond acceptors (Lipinski definition) is 7. The van der Waals surface area contributed by atoms with Gasteiger partial charge in [-0.1, -0.05) is 24.3 Å². The van der Waals surface area contributed by atoms with Crippen LogP contribution in [-0.4, -0.2) is 19.9 Å². The van der Waals surface area contributed by atoms with Crippen LogP contribution in [0.25, 0.3) is 11.4 Å². The number of benzene rings is 2. The van der Waals surface area contributed by atoms with Crippen molar-refractivity contribution < 1.29 is 19.9 Å². The van der Waals surface area contributed by atoms with E-state index in [-0.39, 0.29) is 5.56 Å². The Morgan fingerprint density at radius 1 is 0.792 bits per heavy atom. The number of phenols is 1. The van der Waals surface area contributed by atoms with E-state index in [4.69, 9.17) is 0 Å². The second-order valence-corrected chi connectivity index (χ2v) is 4.51. The van der Waals surface area contributed by atoms with Gasteiger partial charge in [0, 0.05) is 0 Å². The van der Waals surface area contributed by atoms with E-state index in [1.807, 2.05) is 0 Å². The molecule has 10 heteroatoms. The molecule has 0 aliphatic heterocycles. The summed E-state index contributed by atoms with van der Waals surface area (Å²) in [5.41, 5.74) is -3.70. The molecule has 10 nitrogen and oxygen atoms in total. The Morgan fingerprint density at radius 2 is 1.38 bits per heavy atom. The molecule has 0 unspecified atom stereocenters. The molecule has 0 heterocycles. The van der Waals surface area contributed by atoms with Gasteiger partial charge in [0.1, 0.15) is 5.56 Å². The van der Waals surface area contributed by atoms with Gasteiger partial charge in [0.25, 0.3) is 0 Å². The zero-order valence-corrected chi connectivity index (χ0v) is 11.9. The van der Waals surface area contributed by atoms with E-state index in [0.717, 1.165) is 18.2 Å². The van der Waals surface area contributed by atoms with Crippen molar-refractivity contribution in [3.8, 4) is 5.75 Å². The Hall–Kier alpha value is -3.82. The van der Waals surface area contributed by atoms with Crippen LogP contribution in [0.2, 0.25) is 0 Å². The normalized spacial score (nSPS) is 11.5. The first-order valence-corrected chi connectivity index (χ1v) is 6.39. The quantitative estimate of drug-likeness (QED) is 0.502. The van der Waals surface area contributed by atoms with Crippen LogP contribution in [-0.2, 0) is 0 Å². The molecule has 0 spiro atoms. The van der Waals surface area contributed by atoms with Crippen LogP contribution in [0.5, 0.6) is 5.75 Å². The Bertz CT molecular complexity index is 862. The highest BCUT2D eigenvalue weighted by Gasteiger charge is 2.38. The molecule has 0 fully saturated rings.